The average Bonchev–Trinajstić information content (AvgIpc) is 2.59. The van der Waals surface area contributed by atoms with E-state index in [9.17, 15) is 19.7 Å². The van der Waals surface area contributed by atoms with E-state index in [-0.39, 0.29) is 17.3 Å². The second-order valence-electron chi connectivity index (χ2n) is 5.52. The van der Waals surface area contributed by atoms with Gasteiger partial charge in [0.1, 0.15) is 0 Å². The van der Waals surface area contributed by atoms with Crippen molar-refractivity contribution in [2.75, 3.05) is 0 Å². The van der Waals surface area contributed by atoms with Crippen molar-refractivity contribution in [2.45, 2.75) is 19.3 Å². The van der Waals surface area contributed by atoms with Crippen molar-refractivity contribution in [1.29, 1.82) is 0 Å². The second-order valence-corrected chi connectivity index (χ2v) is 5.52. The van der Waals surface area contributed by atoms with Gasteiger partial charge in [0.15, 0.2) is 11.6 Å². The van der Waals surface area contributed by atoms with Crippen molar-refractivity contribution in [3.05, 3.63) is 81.2 Å². The number of hydrogen-bond donors (Lipinski definition) is 0. The number of pyridine rings is 1. The largest absolute Gasteiger partial charge is 0.289 e. The highest BCUT2D eigenvalue weighted by Crippen LogP contribution is 2.25. The first-order valence-corrected chi connectivity index (χ1v) is 7.54. The molecule has 1 aliphatic carbocycles. The van der Waals surface area contributed by atoms with Gasteiger partial charge in [-0.25, -0.2) is 0 Å². The zero-order chi connectivity index (χ0) is 17.1. The fourth-order valence-corrected chi connectivity index (χ4v) is 2.82. The smallest absolute Gasteiger partial charge is 0.272 e. The van der Waals surface area contributed by atoms with Crippen LogP contribution in [-0.2, 0) is 6.42 Å². The number of allylic oxidation sites excluding steroid dienone is 2. The Morgan fingerprint density at radius 2 is 1.83 bits per heavy atom. The van der Waals surface area contributed by atoms with E-state index < -0.39 is 4.92 Å². The van der Waals surface area contributed by atoms with Crippen molar-refractivity contribution in [1.82, 2.24) is 4.98 Å². The van der Waals surface area contributed by atoms with Crippen molar-refractivity contribution in [2.24, 2.45) is 0 Å². The number of ketones is 2. The predicted octanol–water partition coefficient (Wildman–Crippen LogP) is 3.32. The van der Waals surface area contributed by atoms with Crippen LogP contribution in [0.15, 0.2) is 54.4 Å². The van der Waals surface area contributed by atoms with E-state index in [1.54, 1.807) is 18.2 Å². The van der Waals surface area contributed by atoms with Gasteiger partial charge in [-0.3, -0.25) is 24.7 Å². The number of nitro benzene ring substituents is 1. The van der Waals surface area contributed by atoms with Crippen LogP contribution >= 0.6 is 0 Å². The molecule has 6 heteroatoms. The zero-order valence-corrected chi connectivity index (χ0v) is 12.8. The summed E-state index contributed by atoms with van der Waals surface area (Å²) >= 11 is 0. The molecular formula is C18H14N2O4. The van der Waals surface area contributed by atoms with Crippen LogP contribution in [0.25, 0.3) is 0 Å². The van der Waals surface area contributed by atoms with E-state index in [1.165, 1.54) is 30.6 Å². The zero-order valence-electron chi connectivity index (χ0n) is 12.8. The van der Waals surface area contributed by atoms with Crippen molar-refractivity contribution in [3.8, 4) is 0 Å². The number of nitro groups is 1. The quantitative estimate of drug-likeness (QED) is 0.622. The summed E-state index contributed by atoms with van der Waals surface area (Å²) in [6, 6.07) is 8.08. The topological polar surface area (TPSA) is 90.2 Å². The molecule has 0 radical (unpaired) electrons. The van der Waals surface area contributed by atoms with E-state index in [2.05, 4.69) is 4.98 Å². The molecule has 24 heavy (non-hydrogen) atoms. The summed E-state index contributed by atoms with van der Waals surface area (Å²) in [5.74, 6) is -0.395. The lowest BCUT2D eigenvalue weighted by Crippen LogP contribution is -2.17. The van der Waals surface area contributed by atoms with Crippen LogP contribution in [0.2, 0.25) is 0 Å². The van der Waals surface area contributed by atoms with Gasteiger partial charge in [0.25, 0.3) is 5.69 Å². The summed E-state index contributed by atoms with van der Waals surface area (Å²) in [5, 5.41) is 11.0. The number of nitrogens with zero attached hydrogens (tertiary/aromatic N) is 2. The van der Waals surface area contributed by atoms with E-state index in [0.29, 0.717) is 41.5 Å². The number of carbonyl (C=O) groups is 2. The highest BCUT2D eigenvalue weighted by atomic mass is 16.6. The minimum Gasteiger partial charge on any atom is -0.289 e. The van der Waals surface area contributed by atoms with Crippen LogP contribution in [0.1, 0.15) is 39.1 Å². The van der Waals surface area contributed by atoms with Crippen LogP contribution in [0, 0.1) is 10.1 Å². The van der Waals surface area contributed by atoms with E-state index in [0.717, 1.165) is 0 Å². The number of para-hydroxylation sites is 1. The Hall–Kier alpha value is -3.15. The first kappa shape index (κ1) is 15.7. The lowest BCUT2D eigenvalue weighted by molar-refractivity contribution is -0.385. The number of fused-ring (bicyclic) bond motifs is 1. The number of carbonyl (C=O) groups excluding carboxylic acids is 2. The van der Waals surface area contributed by atoms with Gasteiger partial charge in [0.05, 0.1) is 10.5 Å². The molecule has 0 N–H and O–H groups in total. The standard InChI is InChI=1S/C18H14N2O4/c21-17-10-13(18(22)15-11-19-9-8-14(15)17)6-3-5-12-4-1-2-7-16(12)20(23)24/h1-2,4,7-11H,3,5-6H2. The first-order valence-electron chi connectivity index (χ1n) is 7.54. The Balaban J connectivity index is 1.72. The summed E-state index contributed by atoms with van der Waals surface area (Å²) in [4.78, 5) is 39.0. The number of hydrogen-bond acceptors (Lipinski definition) is 5. The van der Waals surface area contributed by atoms with Gasteiger partial charge in [0.2, 0.25) is 0 Å². The summed E-state index contributed by atoms with van der Waals surface area (Å²) in [6.45, 7) is 0. The lowest BCUT2D eigenvalue weighted by Gasteiger charge is -2.14. The van der Waals surface area contributed by atoms with E-state index in [1.807, 2.05) is 0 Å². The minimum absolute atomic E-state index is 0.0760. The van der Waals surface area contributed by atoms with Gasteiger partial charge < -0.3 is 0 Å². The van der Waals surface area contributed by atoms with Crippen LogP contribution < -0.4 is 0 Å². The van der Waals surface area contributed by atoms with E-state index >= 15 is 0 Å². The molecule has 0 aliphatic heterocycles. The Kier molecular flexibility index (Phi) is 4.29. The molecule has 6 nitrogen and oxygen atoms in total. The lowest BCUT2D eigenvalue weighted by atomic mass is 9.88. The molecule has 1 aromatic heterocycles. The van der Waals surface area contributed by atoms with Gasteiger partial charge >= 0.3 is 0 Å². The molecule has 0 spiro atoms. The molecule has 2 aromatic rings. The summed E-state index contributed by atoms with van der Waals surface area (Å²) in [6.07, 6.45) is 5.66. The van der Waals surface area contributed by atoms with Crippen molar-refractivity contribution in [3.63, 3.8) is 0 Å². The Morgan fingerprint density at radius 3 is 2.62 bits per heavy atom. The Morgan fingerprint density at radius 1 is 1.04 bits per heavy atom. The molecule has 0 bridgehead atoms. The summed E-state index contributed by atoms with van der Waals surface area (Å²) in [5.41, 5.74) is 1.83. The van der Waals surface area contributed by atoms with Gasteiger partial charge in [-0.1, -0.05) is 18.2 Å². The third-order valence-electron chi connectivity index (χ3n) is 4.01. The molecule has 1 aliphatic rings. The van der Waals surface area contributed by atoms with E-state index in [4.69, 9.17) is 0 Å². The van der Waals surface area contributed by atoms with Crippen molar-refractivity contribution >= 4 is 17.3 Å². The molecule has 1 heterocycles. The van der Waals surface area contributed by atoms with Gasteiger partial charge in [0, 0.05) is 35.2 Å². The molecule has 0 saturated carbocycles. The third kappa shape index (κ3) is 2.99. The normalized spacial score (nSPS) is 13.4. The number of benzene rings is 1. The highest BCUT2D eigenvalue weighted by Gasteiger charge is 2.25. The average molecular weight is 322 g/mol. The van der Waals surface area contributed by atoms with Crippen LogP contribution in [0.3, 0.4) is 0 Å². The number of aromatic nitrogens is 1. The van der Waals surface area contributed by atoms with Crippen LogP contribution in [0.4, 0.5) is 5.69 Å². The van der Waals surface area contributed by atoms with Gasteiger partial charge in [-0.15, -0.1) is 0 Å². The van der Waals surface area contributed by atoms with Crippen LogP contribution in [-0.4, -0.2) is 21.5 Å². The molecule has 0 saturated heterocycles. The Bertz CT molecular complexity index is 871. The van der Waals surface area contributed by atoms with Gasteiger partial charge in [-0.2, -0.15) is 0 Å². The minimum atomic E-state index is -0.411. The molecule has 1 aromatic carbocycles. The number of rotatable bonds is 5. The maximum Gasteiger partial charge on any atom is 0.272 e. The second kappa shape index (κ2) is 6.54. The molecule has 0 atom stereocenters. The van der Waals surface area contributed by atoms with Crippen LogP contribution in [0.5, 0.6) is 0 Å². The number of Topliss-reactive ketones (excluding diaryl/α,β-unsaturated/α-hetero) is 1. The summed E-state index contributed by atoms with van der Waals surface area (Å²) in [7, 11) is 0. The molecule has 3 rings (SSSR count). The monoisotopic (exact) mass is 322 g/mol. The maximum atomic E-state index is 12.4. The Labute approximate surface area is 138 Å². The molecule has 0 unspecified atom stereocenters. The molecule has 0 amide bonds. The predicted molar refractivity (Wildman–Crippen MR) is 87.0 cm³/mol. The molecule has 0 fully saturated rings. The fraction of sp³-hybridized carbons (Fsp3) is 0.167. The van der Waals surface area contributed by atoms with Crippen molar-refractivity contribution < 1.29 is 14.5 Å². The SMILES string of the molecule is O=C1C=C(CCCc2ccccc2[N+](=O)[O-])C(=O)c2cnccc21. The summed E-state index contributed by atoms with van der Waals surface area (Å²) < 4.78 is 0. The molecule has 120 valence electrons. The fourth-order valence-electron chi connectivity index (χ4n) is 2.82. The molecular weight excluding hydrogens is 308 g/mol. The third-order valence-corrected chi connectivity index (χ3v) is 4.01. The highest BCUT2D eigenvalue weighted by molar-refractivity contribution is 6.24. The van der Waals surface area contributed by atoms with Gasteiger partial charge in [-0.05, 0) is 31.4 Å². The maximum absolute atomic E-state index is 12.4. The first-order chi connectivity index (χ1) is 11.6. The number of aryl methyl sites for hydroxylation is 1.